The minimum absolute atomic E-state index is 0.220. The molecule has 1 saturated heterocycles. The number of hydrogen-bond acceptors (Lipinski definition) is 7. The lowest BCUT2D eigenvalue weighted by atomic mass is 9.96. The van der Waals surface area contributed by atoms with Crippen molar-refractivity contribution < 1.29 is 34.3 Å². The SMILES string of the molecule is CCCCCCCCCCCCC(=O)OC[C@H]1O[C@@H](OC(C)(C)CCC/C(C)=C/C=C/C(C)=C/C=C/C(C)=C/C=C/C=C(C)/C=C/C=C(C)/C=C/c2c(C)ccc(C)c2C)[C@H](O)[C@@H](O)[C@@H]1O. The van der Waals surface area contributed by atoms with E-state index in [1.54, 1.807) is 0 Å². The Morgan fingerprint density at radius 2 is 1.12 bits per heavy atom. The number of allylic oxidation sites excluding steroid dienone is 19. The summed E-state index contributed by atoms with van der Waals surface area (Å²) >= 11 is 0. The predicted molar refractivity (Wildman–Crippen MR) is 278 cm³/mol. The zero-order valence-electron chi connectivity index (χ0n) is 42.8. The number of aliphatic hydroxyl groups is 3. The highest BCUT2D eigenvalue weighted by molar-refractivity contribution is 5.69. The quantitative estimate of drug-likeness (QED) is 0.0418. The van der Waals surface area contributed by atoms with Crippen LogP contribution < -0.4 is 0 Å². The van der Waals surface area contributed by atoms with E-state index in [0.29, 0.717) is 12.8 Å². The third kappa shape index (κ3) is 24.6. The maximum atomic E-state index is 12.4. The molecule has 0 saturated carbocycles. The Balaban J connectivity index is 1.75. The molecule has 3 N–H and O–H groups in total. The molecule has 1 fully saturated rings. The van der Waals surface area contributed by atoms with Crippen LogP contribution in [0.4, 0.5) is 0 Å². The molecule has 1 aromatic carbocycles. The van der Waals surface area contributed by atoms with Gasteiger partial charge in [-0.05, 0) is 117 Å². The first-order chi connectivity index (χ1) is 31.4. The number of aliphatic hydroxyl groups excluding tert-OH is 3. The Morgan fingerprint density at radius 1 is 0.621 bits per heavy atom. The van der Waals surface area contributed by atoms with E-state index < -0.39 is 36.3 Å². The molecule has 1 aliphatic rings. The fraction of sp³-hybridized carbons (Fsp3) is 0.542. The number of carbonyl (C=O) groups is 1. The van der Waals surface area contributed by atoms with Crippen molar-refractivity contribution in [3.05, 3.63) is 147 Å². The second-order valence-corrected chi connectivity index (χ2v) is 19.1. The monoisotopic (exact) mass is 909 g/mol. The van der Waals surface area contributed by atoms with E-state index in [1.807, 2.05) is 13.8 Å². The minimum atomic E-state index is -1.49. The van der Waals surface area contributed by atoms with Gasteiger partial charge in [-0.25, -0.2) is 0 Å². The lowest BCUT2D eigenvalue weighted by Crippen LogP contribution is -2.60. The average Bonchev–Trinajstić information content (AvgIpc) is 3.26. The molecule has 0 bridgehead atoms. The number of unbranched alkanes of at least 4 members (excludes halogenated alkanes) is 9. The van der Waals surface area contributed by atoms with Gasteiger partial charge in [-0.1, -0.05) is 196 Å². The molecule has 5 atom stereocenters. The van der Waals surface area contributed by atoms with Gasteiger partial charge in [-0.2, -0.15) is 0 Å². The van der Waals surface area contributed by atoms with E-state index in [2.05, 4.69) is 166 Å². The van der Waals surface area contributed by atoms with E-state index in [9.17, 15) is 20.1 Å². The summed E-state index contributed by atoms with van der Waals surface area (Å²) in [5.74, 6) is -0.358. The van der Waals surface area contributed by atoms with Crippen LogP contribution in [0.1, 0.15) is 168 Å². The molecular formula is C59H88O7. The molecule has 1 aliphatic heterocycles. The summed E-state index contributed by atoms with van der Waals surface area (Å²) in [5, 5.41) is 31.9. The van der Waals surface area contributed by atoms with Crippen LogP contribution >= 0.6 is 0 Å². The Kier molecular flexibility index (Phi) is 28.6. The van der Waals surface area contributed by atoms with Crippen molar-refractivity contribution in [1.82, 2.24) is 0 Å². The number of aryl methyl sites for hydroxylation is 2. The van der Waals surface area contributed by atoms with Crippen LogP contribution in [-0.2, 0) is 19.0 Å². The van der Waals surface area contributed by atoms with Gasteiger partial charge in [0.2, 0.25) is 0 Å². The first-order valence-corrected chi connectivity index (χ1v) is 24.8. The summed E-state index contributed by atoms with van der Waals surface area (Å²) in [5.41, 5.74) is 10.5. The van der Waals surface area contributed by atoms with Crippen LogP contribution in [0.3, 0.4) is 0 Å². The third-order valence-electron chi connectivity index (χ3n) is 12.1. The van der Waals surface area contributed by atoms with Crippen LogP contribution in [0, 0.1) is 20.8 Å². The Morgan fingerprint density at radius 3 is 1.70 bits per heavy atom. The van der Waals surface area contributed by atoms with Crippen molar-refractivity contribution in [3.63, 3.8) is 0 Å². The summed E-state index contributed by atoms with van der Waals surface area (Å²) in [4.78, 5) is 12.4. The van der Waals surface area contributed by atoms with E-state index in [4.69, 9.17) is 14.2 Å². The van der Waals surface area contributed by atoms with Crippen molar-refractivity contribution in [3.8, 4) is 0 Å². The van der Waals surface area contributed by atoms with Crippen molar-refractivity contribution in [1.29, 1.82) is 0 Å². The van der Waals surface area contributed by atoms with Crippen molar-refractivity contribution >= 4 is 12.0 Å². The van der Waals surface area contributed by atoms with Crippen molar-refractivity contribution in [2.75, 3.05) is 6.61 Å². The van der Waals surface area contributed by atoms with Crippen LogP contribution in [0.15, 0.2) is 125 Å². The van der Waals surface area contributed by atoms with Gasteiger partial charge in [0.05, 0.1) is 5.60 Å². The maximum absolute atomic E-state index is 12.4. The second kappa shape index (κ2) is 32.6. The molecule has 1 heterocycles. The highest BCUT2D eigenvalue weighted by atomic mass is 16.7. The van der Waals surface area contributed by atoms with E-state index in [0.717, 1.165) is 43.3 Å². The molecule has 366 valence electrons. The average molecular weight is 909 g/mol. The first-order valence-electron chi connectivity index (χ1n) is 24.8. The van der Waals surface area contributed by atoms with E-state index in [-0.39, 0.29) is 12.6 Å². The molecule has 0 radical (unpaired) electrons. The second-order valence-electron chi connectivity index (χ2n) is 19.1. The van der Waals surface area contributed by atoms with Gasteiger partial charge in [0, 0.05) is 6.42 Å². The Hall–Kier alpha value is -4.11. The summed E-state index contributed by atoms with van der Waals surface area (Å²) < 4.78 is 17.5. The molecule has 7 heteroatoms. The Labute approximate surface area is 401 Å². The van der Waals surface area contributed by atoms with Gasteiger partial charge in [0.15, 0.2) is 6.29 Å². The molecule has 66 heavy (non-hydrogen) atoms. The lowest BCUT2D eigenvalue weighted by Gasteiger charge is -2.42. The van der Waals surface area contributed by atoms with Gasteiger partial charge < -0.3 is 29.5 Å². The molecule has 0 unspecified atom stereocenters. The topological polar surface area (TPSA) is 105 Å². The molecule has 0 spiro atoms. The fourth-order valence-electron chi connectivity index (χ4n) is 7.55. The normalized spacial score (nSPS) is 20.9. The summed E-state index contributed by atoms with van der Waals surface area (Å²) in [6.45, 7) is 22.8. The van der Waals surface area contributed by atoms with Gasteiger partial charge in [0.1, 0.15) is 31.0 Å². The minimum Gasteiger partial charge on any atom is -0.463 e. The summed E-state index contributed by atoms with van der Waals surface area (Å²) in [6, 6.07) is 4.37. The molecule has 0 amide bonds. The lowest BCUT2D eigenvalue weighted by molar-refractivity contribution is -0.324. The fourth-order valence-corrected chi connectivity index (χ4v) is 7.55. The highest BCUT2D eigenvalue weighted by Gasteiger charge is 2.46. The number of rotatable bonds is 29. The zero-order valence-corrected chi connectivity index (χ0v) is 42.8. The van der Waals surface area contributed by atoms with Gasteiger partial charge >= 0.3 is 5.97 Å². The highest BCUT2D eigenvalue weighted by Crippen LogP contribution is 2.29. The molecule has 7 nitrogen and oxygen atoms in total. The predicted octanol–water partition coefficient (Wildman–Crippen LogP) is 14.2. The smallest absolute Gasteiger partial charge is 0.305 e. The number of benzene rings is 1. The van der Waals surface area contributed by atoms with Gasteiger partial charge in [0.25, 0.3) is 0 Å². The molecule has 2 rings (SSSR count). The standard InChI is InChI=1S/C59H88O7/c1-12-13-14-15-16-17-18-19-20-21-37-54(60)64-43-53-55(61)56(62)57(63)58(65-53)66-59(10,11)42-27-36-47(5)34-25-33-46(4)32-24-30-44(2)28-22-23-29-45(3)31-26-35-48(6)38-41-52-50(8)40-39-49(7)51(52)9/h22-26,28-35,38-41,53,55-58,61-63H,12-21,27,36-37,42-43H2,1-11H3/b23-22+,30-24+,31-26+,33-25+,41-38+,44-28+,45-29+,46-32+,47-34+,48-35+/t53-,55-,56+,57-,58+/m1/s1. The van der Waals surface area contributed by atoms with Crippen LogP contribution in [0.2, 0.25) is 0 Å². The summed E-state index contributed by atoms with van der Waals surface area (Å²) in [7, 11) is 0. The van der Waals surface area contributed by atoms with E-state index >= 15 is 0 Å². The van der Waals surface area contributed by atoms with Crippen molar-refractivity contribution in [2.24, 2.45) is 0 Å². The maximum Gasteiger partial charge on any atom is 0.305 e. The summed E-state index contributed by atoms with van der Waals surface area (Å²) in [6.07, 6.45) is 39.5. The largest absolute Gasteiger partial charge is 0.463 e. The van der Waals surface area contributed by atoms with E-state index in [1.165, 1.54) is 83.9 Å². The van der Waals surface area contributed by atoms with Gasteiger partial charge in [-0.3, -0.25) is 4.79 Å². The number of hydrogen-bond donors (Lipinski definition) is 3. The van der Waals surface area contributed by atoms with Crippen LogP contribution in [0.25, 0.3) is 6.08 Å². The number of carbonyl (C=O) groups excluding carboxylic acids is 1. The Bertz CT molecular complexity index is 1910. The zero-order chi connectivity index (χ0) is 48.9. The van der Waals surface area contributed by atoms with Gasteiger partial charge in [-0.15, -0.1) is 0 Å². The number of ether oxygens (including phenoxy) is 3. The van der Waals surface area contributed by atoms with Crippen LogP contribution in [-0.4, -0.2) is 64.2 Å². The number of esters is 1. The van der Waals surface area contributed by atoms with Crippen LogP contribution in [0.5, 0.6) is 0 Å². The molecule has 0 aliphatic carbocycles. The third-order valence-corrected chi connectivity index (χ3v) is 12.1. The molecular weight excluding hydrogens is 821 g/mol. The van der Waals surface area contributed by atoms with Crippen molar-refractivity contribution in [2.45, 2.75) is 202 Å². The molecule has 1 aromatic rings. The first kappa shape index (κ1) is 58.0. The molecule has 0 aromatic heterocycles.